The molecule has 0 amide bonds. The number of aliphatic hydroxyl groups is 1. The highest BCUT2D eigenvalue weighted by molar-refractivity contribution is 5.76. The van der Waals surface area contributed by atoms with Crippen molar-refractivity contribution in [2.45, 2.75) is 6.04 Å². The first kappa shape index (κ1) is 15.3. The van der Waals surface area contributed by atoms with Crippen LogP contribution in [0.5, 0.6) is 0 Å². The van der Waals surface area contributed by atoms with Crippen LogP contribution < -0.4 is 5.32 Å². The van der Waals surface area contributed by atoms with Crippen molar-refractivity contribution in [3.05, 3.63) is 78.8 Å². The lowest BCUT2D eigenvalue weighted by Gasteiger charge is -2.17. The van der Waals surface area contributed by atoms with Crippen molar-refractivity contribution in [2.24, 2.45) is 0 Å². The van der Waals surface area contributed by atoms with E-state index < -0.39 is 0 Å². The van der Waals surface area contributed by atoms with Gasteiger partial charge in [-0.15, -0.1) is 0 Å². The van der Waals surface area contributed by atoms with Crippen LogP contribution in [0.25, 0.3) is 16.9 Å². The van der Waals surface area contributed by atoms with Crippen molar-refractivity contribution in [3.63, 3.8) is 0 Å². The van der Waals surface area contributed by atoms with Crippen LogP contribution in [-0.2, 0) is 0 Å². The molecule has 0 spiro atoms. The Hall–Kier alpha value is -3.25. The van der Waals surface area contributed by atoms with Crippen LogP contribution in [0.4, 0.5) is 5.95 Å². The van der Waals surface area contributed by atoms with E-state index >= 15 is 0 Å². The topological polar surface area (TPSA) is 75.9 Å². The van der Waals surface area contributed by atoms with Crippen molar-refractivity contribution in [1.29, 1.82) is 0 Å². The number of rotatable bonds is 5. The largest absolute Gasteiger partial charge is 0.394 e. The van der Waals surface area contributed by atoms with Gasteiger partial charge in [-0.05, 0) is 23.8 Å². The molecule has 0 bridgehead atoms. The van der Waals surface area contributed by atoms with Crippen LogP contribution in [-0.4, -0.2) is 31.2 Å². The Morgan fingerprint density at radius 2 is 1.76 bits per heavy atom. The molecule has 0 saturated carbocycles. The molecule has 2 heterocycles. The van der Waals surface area contributed by atoms with Gasteiger partial charge in [-0.3, -0.25) is 4.57 Å². The molecule has 2 N–H and O–H groups in total. The van der Waals surface area contributed by atoms with Crippen LogP contribution in [0.1, 0.15) is 11.6 Å². The fourth-order valence-electron chi connectivity index (χ4n) is 2.77. The minimum absolute atomic E-state index is 0.0500. The van der Waals surface area contributed by atoms with Crippen molar-refractivity contribution >= 4 is 17.0 Å². The highest BCUT2D eigenvalue weighted by Gasteiger charge is 2.12. The molecule has 0 fully saturated rings. The zero-order valence-corrected chi connectivity index (χ0v) is 13.4. The molecule has 0 aliphatic heterocycles. The van der Waals surface area contributed by atoms with Crippen LogP contribution in [0.3, 0.4) is 0 Å². The molecule has 4 aromatic rings. The van der Waals surface area contributed by atoms with Crippen molar-refractivity contribution in [3.8, 4) is 5.82 Å². The maximum atomic E-state index is 9.70. The second-order valence-electron chi connectivity index (χ2n) is 5.63. The molecule has 124 valence electrons. The fourth-order valence-corrected chi connectivity index (χ4v) is 2.77. The first-order valence-corrected chi connectivity index (χ1v) is 8.03. The predicted molar refractivity (Wildman–Crippen MR) is 96.6 cm³/mol. The summed E-state index contributed by atoms with van der Waals surface area (Å²) < 4.78 is 1.92. The zero-order chi connectivity index (χ0) is 17.1. The van der Waals surface area contributed by atoms with Crippen molar-refractivity contribution < 1.29 is 5.11 Å². The second-order valence-corrected chi connectivity index (χ2v) is 5.63. The molecule has 1 atom stereocenters. The van der Waals surface area contributed by atoms with E-state index in [1.54, 1.807) is 12.5 Å². The second kappa shape index (κ2) is 6.70. The Morgan fingerprint density at radius 1 is 0.960 bits per heavy atom. The molecule has 1 unspecified atom stereocenters. The summed E-state index contributed by atoms with van der Waals surface area (Å²) in [5.74, 6) is 1.18. The van der Waals surface area contributed by atoms with E-state index in [0.29, 0.717) is 5.95 Å². The molecule has 0 saturated heterocycles. The van der Waals surface area contributed by atoms with Crippen LogP contribution >= 0.6 is 0 Å². The number of hydrogen-bond acceptors (Lipinski definition) is 5. The van der Waals surface area contributed by atoms with Gasteiger partial charge < -0.3 is 10.4 Å². The standard InChI is InChI=1S/C19H17N5O/c25-12-16(14-6-2-1-3-7-14)22-19-20-11-10-18(23-19)24-13-21-15-8-4-5-9-17(15)24/h1-11,13,16,25H,12H2,(H,20,22,23). The molecule has 25 heavy (non-hydrogen) atoms. The lowest BCUT2D eigenvalue weighted by molar-refractivity contribution is 0.276. The van der Waals surface area contributed by atoms with Gasteiger partial charge in [0.25, 0.3) is 0 Å². The lowest BCUT2D eigenvalue weighted by Crippen LogP contribution is -2.17. The van der Waals surface area contributed by atoms with E-state index in [2.05, 4.69) is 20.3 Å². The van der Waals surface area contributed by atoms with Gasteiger partial charge in [-0.1, -0.05) is 42.5 Å². The summed E-state index contributed by atoms with van der Waals surface area (Å²) in [6, 6.07) is 19.2. The predicted octanol–water partition coefficient (Wildman–Crippen LogP) is 2.96. The Morgan fingerprint density at radius 3 is 2.60 bits per heavy atom. The summed E-state index contributed by atoms with van der Waals surface area (Å²) in [4.78, 5) is 13.2. The van der Waals surface area contributed by atoms with Gasteiger partial charge in [0, 0.05) is 6.20 Å². The van der Waals surface area contributed by atoms with Crippen LogP contribution in [0.15, 0.2) is 73.2 Å². The smallest absolute Gasteiger partial charge is 0.225 e. The number of nitrogens with zero attached hydrogens (tertiary/aromatic N) is 4. The number of fused-ring (bicyclic) bond motifs is 1. The Balaban J connectivity index is 1.65. The summed E-state index contributed by atoms with van der Waals surface area (Å²) in [7, 11) is 0. The van der Waals surface area contributed by atoms with Crippen molar-refractivity contribution in [2.75, 3.05) is 11.9 Å². The van der Waals surface area contributed by atoms with E-state index in [-0.39, 0.29) is 12.6 Å². The maximum Gasteiger partial charge on any atom is 0.225 e. The molecule has 6 nitrogen and oxygen atoms in total. The molecule has 0 radical (unpaired) electrons. The third kappa shape index (κ3) is 3.07. The van der Waals surface area contributed by atoms with E-state index in [1.807, 2.05) is 65.2 Å². The lowest BCUT2D eigenvalue weighted by atomic mass is 10.1. The maximum absolute atomic E-state index is 9.70. The monoisotopic (exact) mass is 331 g/mol. The molecule has 2 aromatic carbocycles. The first-order chi connectivity index (χ1) is 12.3. The SMILES string of the molecule is OCC(Nc1nccc(-n2cnc3ccccc32)n1)c1ccccc1. The summed E-state index contributed by atoms with van der Waals surface area (Å²) in [5, 5.41) is 12.9. The Labute approximate surface area is 144 Å². The quantitative estimate of drug-likeness (QED) is 0.588. The number of anilines is 1. The van der Waals surface area contributed by atoms with Gasteiger partial charge in [0.05, 0.1) is 23.7 Å². The van der Waals surface area contributed by atoms with Gasteiger partial charge in [-0.25, -0.2) is 9.97 Å². The summed E-state index contributed by atoms with van der Waals surface area (Å²) in [6.45, 7) is -0.0500. The number of benzene rings is 2. The van der Waals surface area contributed by atoms with Crippen LogP contribution in [0.2, 0.25) is 0 Å². The van der Waals surface area contributed by atoms with Gasteiger partial charge >= 0.3 is 0 Å². The van der Waals surface area contributed by atoms with Gasteiger partial charge in [-0.2, -0.15) is 4.98 Å². The highest BCUT2D eigenvalue weighted by atomic mass is 16.3. The molecule has 2 aromatic heterocycles. The number of aromatic nitrogens is 4. The van der Waals surface area contributed by atoms with Gasteiger partial charge in [0.15, 0.2) is 0 Å². The normalized spacial score (nSPS) is 12.2. The van der Waals surface area contributed by atoms with E-state index in [1.165, 1.54) is 0 Å². The first-order valence-electron chi connectivity index (χ1n) is 8.03. The molecule has 0 aliphatic carbocycles. The molecule has 0 aliphatic rings. The molecule has 4 rings (SSSR count). The molecule has 6 heteroatoms. The van der Waals surface area contributed by atoms with E-state index in [4.69, 9.17) is 0 Å². The number of aliphatic hydroxyl groups excluding tert-OH is 1. The molecular weight excluding hydrogens is 314 g/mol. The summed E-state index contributed by atoms with van der Waals surface area (Å²) in [6.07, 6.45) is 3.44. The average molecular weight is 331 g/mol. The summed E-state index contributed by atoms with van der Waals surface area (Å²) >= 11 is 0. The number of imidazole rings is 1. The van der Waals surface area contributed by atoms with Crippen molar-refractivity contribution in [1.82, 2.24) is 19.5 Å². The number of para-hydroxylation sites is 2. The minimum atomic E-state index is -0.268. The fraction of sp³-hybridized carbons (Fsp3) is 0.105. The van der Waals surface area contributed by atoms with Gasteiger partial charge in [0.2, 0.25) is 5.95 Å². The third-order valence-electron chi connectivity index (χ3n) is 4.03. The number of hydrogen-bond donors (Lipinski definition) is 2. The average Bonchev–Trinajstić information content (AvgIpc) is 3.11. The van der Waals surface area contributed by atoms with Crippen LogP contribution in [0, 0.1) is 0 Å². The molecular formula is C19H17N5O. The van der Waals surface area contributed by atoms with E-state index in [9.17, 15) is 5.11 Å². The number of nitrogens with one attached hydrogen (secondary N) is 1. The third-order valence-corrected chi connectivity index (χ3v) is 4.03. The Kier molecular flexibility index (Phi) is 4.10. The Bertz CT molecular complexity index is 983. The summed E-state index contributed by atoms with van der Waals surface area (Å²) in [5.41, 5.74) is 2.87. The van der Waals surface area contributed by atoms with E-state index in [0.717, 1.165) is 22.4 Å². The van der Waals surface area contributed by atoms with Gasteiger partial charge in [0.1, 0.15) is 12.1 Å². The zero-order valence-electron chi connectivity index (χ0n) is 13.4. The highest BCUT2D eigenvalue weighted by Crippen LogP contribution is 2.19. The minimum Gasteiger partial charge on any atom is -0.394 e.